The molecule has 0 bridgehead atoms. The maximum Gasteiger partial charge on any atom is 0.257 e. The number of nitrogens with zero attached hydrogens (tertiary/aromatic N) is 2. The molecule has 68 valence electrons. The molecule has 0 spiro atoms. The molecule has 0 saturated heterocycles. The molecule has 0 atom stereocenters. The van der Waals surface area contributed by atoms with Crippen LogP contribution >= 0.6 is 0 Å². The van der Waals surface area contributed by atoms with Gasteiger partial charge in [0.25, 0.3) is 5.88 Å². The number of aromatic nitrogens is 2. The van der Waals surface area contributed by atoms with Crippen molar-refractivity contribution in [3.63, 3.8) is 0 Å². The van der Waals surface area contributed by atoms with E-state index in [4.69, 9.17) is 10.5 Å². The number of aryl methyl sites for hydroxylation is 1. The summed E-state index contributed by atoms with van der Waals surface area (Å²) in [5, 5.41) is 4.20. The lowest BCUT2D eigenvalue weighted by atomic mass is 10.3. The molecular formula is C9H11N3O. The van der Waals surface area contributed by atoms with Crippen LogP contribution in [0.2, 0.25) is 0 Å². The Kier molecular flexibility index (Phi) is 1.62. The molecule has 0 aliphatic rings. The van der Waals surface area contributed by atoms with Gasteiger partial charge in [-0.05, 0) is 19.1 Å². The molecule has 13 heavy (non-hydrogen) atoms. The van der Waals surface area contributed by atoms with E-state index in [0.717, 1.165) is 11.2 Å². The third-order valence-electron chi connectivity index (χ3n) is 2.04. The van der Waals surface area contributed by atoms with Crippen molar-refractivity contribution in [2.45, 2.75) is 6.92 Å². The fourth-order valence-electron chi connectivity index (χ4n) is 1.35. The zero-order valence-electron chi connectivity index (χ0n) is 7.61. The highest BCUT2D eigenvalue weighted by molar-refractivity contribution is 5.74. The van der Waals surface area contributed by atoms with E-state index in [-0.39, 0.29) is 0 Å². The van der Waals surface area contributed by atoms with E-state index >= 15 is 0 Å². The van der Waals surface area contributed by atoms with Gasteiger partial charge in [0.1, 0.15) is 5.69 Å². The predicted molar refractivity (Wildman–Crippen MR) is 50.9 cm³/mol. The predicted octanol–water partition coefficient (Wildman–Crippen LogP) is 1.23. The molecule has 0 radical (unpaired) electrons. The van der Waals surface area contributed by atoms with Gasteiger partial charge in [0, 0.05) is 5.69 Å². The van der Waals surface area contributed by atoms with Crippen LogP contribution in [0.4, 0.5) is 5.69 Å². The van der Waals surface area contributed by atoms with Gasteiger partial charge >= 0.3 is 0 Å². The number of nitrogen functional groups attached to an aromatic ring is 1. The van der Waals surface area contributed by atoms with E-state index in [0.29, 0.717) is 11.6 Å². The SMILES string of the molecule is COc1nn2c(C)cccc2c1N. The molecule has 0 aliphatic heterocycles. The summed E-state index contributed by atoms with van der Waals surface area (Å²) in [6.45, 7) is 1.97. The Morgan fingerprint density at radius 3 is 2.85 bits per heavy atom. The van der Waals surface area contributed by atoms with Gasteiger partial charge in [-0.1, -0.05) is 6.07 Å². The Labute approximate surface area is 75.9 Å². The maximum absolute atomic E-state index is 5.81. The van der Waals surface area contributed by atoms with Crippen molar-refractivity contribution in [1.82, 2.24) is 9.61 Å². The average molecular weight is 177 g/mol. The second kappa shape index (κ2) is 2.65. The standard InChI is InChI=1S/C9H11N3O/c1-6-4-3-5-7-8(10)9(13-2)11-12(6)7/h3-5H,10H2,1-2H3. The van der Waals surface area contributed by atoms with Crippen LogP contribution in [0.3, 0.4) is 0 Å². The van der Waals surface area contributed by atoms with Crippen LogP contribution in [0.5, 0.6) is 5.88 Å². The molecule has 2 aromatic rings. The molecule has 4 heteroatoms. The zero-order valence-corrected chi connectivity index (χ0v) is 7.61. The third kappa shape index (κ3) is 1.02. The minimum Gasteiger partial charge on any atom is -0.478 e. The van der Waals surface area contributed by atoms with Gasteiger partial charge in [0.05, 0.1) is 12.6 Å². The smallest absolute Gasteiger partial charge is 0.257 e. The first kappa shape index (κ1) is 7.91. The molecule has 0 amide bonds. The van der Waals surface area contributed by atoms with Crippen LogP contribution in [0.15, 0.2) is 18.2 Å². The number of hydrogen-bond acceptors (Lipinski definition) is 3. The molecule has 0 unspecified atom stereocenters. The quantitative estimate of drug-likeness (QED) is 0.712. The van der Waals surface area contributed by atoms with Crippen molar-refractivity contribution >= 4 is 11.2 Å². The summed E-state index contributed by atoms with van der Waals surface area (Å²) < 4.78 is 6.80. The van der Waals surface area contributed by atoms with Crippen LogP contribution in [-0.2, 0) is 0 Å². The average Bonchev–Trinajstić information content (AvgIpc) is 2.45. The summed E-state index contributed by atoms with van der Waals surface area (Å²) in [4.78, 5) is 0. The number of nitrogens with two attached hydrogens (primary N) is 1. The Morgan fingerprint density at radius 2 is 2.23 bits per heavy atom. The van der Waals surface area contributed by atoms with Crippen molar-refractivity contribution in [3.05, 3.63) is 23.9 Å². The van der Waals surface area contributed by atoms with Gasteiger partial charge in [0.2, 0.25) is 0 Å². The van der Waals surface area contributed by atoms with Crippen LogP contribution in [0.1, 0.15) is 5.69 Å². The highest BCUT2D eigenvalue weighted by Crippen LogP contribution is 2.25. The number of rotatable bonds is 1. The van der Waals surface area contributed by atoms with Crippen LogP contribution in [0.25, 0.3) is 5.52 Å². The molecule has 0 aromatic carbocycles. The van der Waals surface area contributed by atoms with Crippen molar-refractivity contribution in [1.29, 1.82) is 0 Å². The minimum atomic E-state index is 0.481. The minimum absolute atomic E-state index is 0.481. The Balaban J connectivity index is 2.83. The fourth-order valence-corrected chi connectivity index (χ4v) is 1.35. The van der Waals surface area contributed by atoms with Crippen LogP contribution in [-0.4, -0.2) is 16.7 Å². The summed E-state index contributed by atoms with van der Waals surface area (Å²) in [5.41, 5.74) is 8.32. The van der Waals surface area contributed by atoms with Gasteiger partial charge in [-0.2, -0.15) is 0 Å². The Morgan fingerprint density at radius 1 is 1.46 bits per heavy atom. The van der Waals surface area contributed by atoms with E-state index in [2.05, 4.69) is 5.10 Å². The third-order valence-corrected chi connectivity index (χ3v) is 2.04. The monoisotopic (exact) mass is 177 g/mol. The second-order valence-electron chi connectivity index (χ2n) is 2.89. The van der Waals surface area contributed by atoms with Crippen molar-refractivity contribution in [2.75, 3.05) is 12.8 Å². The zero-order chi connectivity index (χ0) is 9.42. The Hall–Kier alpha value is -1.71. The normalized spacial score (nSPS) is 10.6. The van der Waals surface area contributed by atoms with Crippen molar-refractivity contribution < 1.29 is 4.74 Å². The summed E-state index contributed by atoms with van der Waals surface area (Å²) >= 11 is 0. The topological polar surface area (TPSA) is 52.5 Å². The second-order valence-corrected chi connectivity index (χ2v) is 2.89. The summed E-state index contributed by atoms with van der Waals surface area (Å²) in [6.07, 6.45) is 0. The molecule has 2 heterocycles. The van der Waals surface area contributed by atoms with Gasteiger partial charge in [0.15, 0.2) is 0 Å². The first-order valence-electron chi connectivity index (χ1n) is 4.02. The number of hydrogen-bond donors (Lipinski definition) is 1. The highest BCUT2D eigenvalue weighted by Gasteiger charge is 2.09. The van der Waals surface area contributed by atoms with Gasteiger partial charge in [-0.25, -0.2) is 4.52 Å². The first-order valence-corrected chi connectivity index (χ1v) is 4.02. The number of fused-ring (bicyclic) bond motifs is 1. The van der Waals surface area contributed by atoms with E-state index in [1.165, 1.54) is 0 Å². The summed E-state index contributed by atoms with van der Waals surface area (Å²) in [7, 11) is 1.56. The van der Waals surface area contributed by atoms with E-state index in [9.17, 15) is 0 Å². The molecular weight excluding hydrogens is 166 g/mol. The van der Waals surface area contributed by atoms with Gasteiger partial charge in [-0.3, -0.25) is 0 Å². The van der Waals surface area contributed by atoms with E-state index < -0.39 is 0 Å². The fraction of sp³-hybridized carbons (Fsp3) is 0.222. The lowest BCUT2D eigenvalue weighted by Gasteiger charge is -1.95. The molecule has 0 saturated carbocycles. The molecule has 2 N–H and O–H groups in total. The number of pyridine rings is 1. The highest BCUT2D eigenvalue weighted by atomic mass is 16.5. The largest absolute Gasteiger partial charge is 0.478 e. The van der Waals surface area contributed by atoms with Crippen LogP contribution < -0.4 is 10.5 Å². The van der Waals surface area contributed by atoms with Crippen LogP contribution in [0, 0.1) is 6.92 Å². The van der Waals surface area contributed by atoms with Crippen molar-refractivity contribution in [3.8, 4) is 5.88 Å². The lowest BCUT2D eigenvalue weighted by Crippen LogP contribution is -1.92. The number of methoxy groups -OCH3 is 1. The molecule has 2 rings (SSSR count). The van der Waals surface area contributed by atoms with E-state index in [1.807, 2.05) is 25.1 Å². The van der Waals surface area contributed by atoms with Gasteiger partial charge < -0.3 is 10.5 Å². The summed E-state index contributed by atoms with van der Waals surface area (Å²) in [5.74, 6) is 0.481. The van der Waals surface area contributed by atoms with E-state index in [1.54, 1.807) is 11.6 Å². The molecule has 0 aliphatic carbocycles. The molecule has 2 aromatic heterocycles. The van der Waals surface area contributed by atoms with Gasteiger partial charge in [-0.15, -0.1) is 5.10 Å². The summed E-state index contributed by atoms with van der Waals surface area (Å²) in [6, 6.07) is 5.83. The molecule has 0 fully saturated rings. The maximum atomic E-state index is 5.81. The Bertz CT molecular complexity index is 447. The van der Waals surface area contributed by atoms with Crippen molar-refractivity contribution in [2.24, 2.45) is 0 Å². The lowest BCUT2D eigenvalue weighted by molar-refractivity contribution is 0.396. The first-order chi connectivity index (χ1) is 6.24. The number of ether oxygens (including phenoxy) is 1. The molecule has 4 nitrogen and oxygen atoms in total. The number of anilines is 1.